The molecule has 3 aromatic carbocycles. The standard InChI is InChI=1S/C24H21NO/c1-2-5-20(6-3-1)18-26-23-12-11-22-8-4-7-21(24(22)17-23)10-9-19-13-15-25-16-14-19/h1-8,11-17H,9-10,18H2. The molecular formula is C24H21NO. The monoisotopic (exact) mass is 339 g/mol. The molecule has 0 fully saturated rings. The van der Waals surface area contributed by atoms with Crippen molar-refractivity contribution in [3.63, 3.8) is 0 Å². The Balaban J connectivity index is 1.54. The Morgan fingerprint density at radius 3 is 2.38 bits per heavy atom. The average Bonchev–Trinajstić information content (AvgIpc) is 2.72. The Labute approximate surface area is 154 Å². The molecule has 0 unspecified atom stereocenters. The summed E-state index contributed by atoms with van der Waals surface area (Å²) in [4.78, 5) is 4.09. The maximum Gasteiger partial charge on any atom is 0.120 e. The molecule has 128 valence electrons. The minimum absolute atomic E-state index is 0.589. The van der Waals surface area contributed by atoms with Gasteiger partial charge in [0.05, 0.1) is 0 Å². The van der Waals surface area contributed by atoms with Crippen LogP contribution in [0.5, 0.6) is 5.75 Å². The van der Waals surface area contributed by atoms with Crippen LogP contribution in [0.3, 0.4) is 0 Å². The summed E-state index contributed by atoms with van der Waals surface area (Å²) < 4.78 is 6.01. The number of aromatic nitrogens is 1. The predicted octanol–water partition coefficient (Wildman–Crippen LogP) is 5.60. The largest absolute Gasteiger partial charge is 0.489 e. The fourth-order valence-electron chi connectivity index (χ4n) is 3.19. The number of ether oxygens (including phenoxy) is 1. The Bertz CT molecular complexity index is 981. The van der Waals surface area contributed by atoms with E-state index in [0.717, 1.165) is 18.6 Å². The van der Waals surface area contributed by atoms with Gasteiger partial charge < -0.3 is 4.74 Å². The molecule has 0 aliphatic carbocycles. The van der Waals surface area contributed by atoms with Crippen LogP contribution in [-0.2, 0) is 19.4 Å². The summed E-state index contributed by atoms with van der Waals surface area (Å²) in [5.41, 5.74) is 3.84. The smallest absolute Gasteiger partial charge is 0.120 e. The van der Waals surface area contributed by atoms with E-state index in [0.29, 0.717) is 6.61 Å². The average molecular weight is 339 g/mol. The highest BCUT2D eigenvalue weighted by Crippen LogP contribution is 2.26. The molecule has 2 nitrogen and oxygen atoms in total. The summed E-state index contributed by atoms with van der Waals surface area (Å²) in [6.07, 6.45) is 5.72. The van der Waals surface area contributed by atoms with Crippen molar-refractivity contribution in [1.82, 2.24) is 4.98 Å². The van der Waals surface area contributed by atoms with Gasteiger partial charge >= 0.3 is 0 Å². The Morgan fingerprint density at radius 1 is 0.692 bits per heavy atom. The third-order valence-electron chi connectivity index (χ3n) is 4.62. The van der Waals surface area contributed by atoms with E-state index in [1.54, 1.807) is 0 Å². The quantitative estimate of drug-likeness (QED) is 0.456. The Kier molecular flexibility index (Phi) is 4.92. The number of hydrogen-bond donors (Lipinski definition) is 0. The van der Waals surface area contributed by atoms with E-state index in [-0.39, 0.29) is 0 Å². The molecule has 1 aromatic heterocycles. The summed E-state index contributed by atoms with van der Waals surface area (Å²) in [6, 6.07) is 27.3. The second kappa shape index (κ2) is 7.83. The van der Waals surface area contributed by atoms with Crippen LogP contribution in [0.15, 0.2) is 91.3 Å². The molecule has 0 aliphatic heterocycles. The number of aryl methyl sites for hydroxylation is 2. The van der Waals surface area contributed by atoms with Crippen LogP contribution in [0.25, 0.3) is 10.8 Å². The molecule has 0 atom stereocenters. The molecule has 0 bridgehead atoms. The SMILES string of the molecule is c1ccc(COc2ccc3cccc(CCc4ccncc4)c3c2)cc1. The molecule has 4 aromatic rings. The van der Waals surface area contributed by atoms with Gasteiger partial charge in [-0.05, 0) is 64.6 Å². The fourth-order valence-corrected chi connectivity index (χ4v) is 3.19. The van der Waals surface area contributed by atoms with Crippen LogP contribution in [0, 0.1) is 0 Å². The molecular weight excluding hydrogens is 318 g/mol. The number of pyridine rings is 1. The molecule has 0 saturated carbocycles. The molecule has 0 amide bonds. The fraction of sp³-hybridized carbons (Fsp3) is 0.125. The number of rotatable bonds is 6. The molecule has 26 heavy (non-hydrogen) atoms. The summed E-state index contributed by atoms with van der Waals surface area (Å²) in [5.74, 6) is 0.915. The van der Waals surface area contributed by atoms with Gasteiger partial charge in [0, 0.05) is 12.4 Å². The molecule has 0 spiro atoms. The zero-order chi connectivity index (χ0) is 17.6. The van der Waals surface area contributed by atoms with Crippen molar-refractivity contribution >= 4 is 10.8 Å². The first-order chi connectivity index (χ1) is 12.9. The lowest BCUT2D eigenvalue weighted by Crippen LogP contribution is -1.96. The van der Waals surface area contributed by atoms with Crippen LogP contribution in [0.2, 0.25) is 0 Å². The van der Waals surface area contributed by atoms with E-state index in [1.807, 2.05) is 30.6 Å². The van der Waals surface area contributed by atoms with Crippen LogP contribution < -0.4 is 4.74 Å². The van der Waals surface area contributed by atoms with Gasteiger partial charge in [-0.3, -0.25) is 4.98 Å². The lowest BCUT2D eigenvalue weighted by Gasteiger charge is -2.11. The van der Waals surface area contributed by atoms with Gasteiger partial charge in [0.25, 0.3) is 0 Å². The van der Waals surface area contributed by atoms with Gasteiger partial charge in [0.2, 0.25) is 0 Å². The zero-order valence-corrected chi connectivity index (χ0v) is 14.6. The van der Waals surface area contributed by atoms with E-state index in [2.05, 4.69) is 65.6 Å². The van der Waals surface area contributed by atoms with Gasteiger partial charge in [-0.15, -0.1) is 0 Å². The highest BCUT2D eigenvalue weighted by Gasteiger charge is 2.04. The van der Waals surface area contributed by atoms with Crippen molar-refractivity contribution in [3.8, 4) is 5.75 Å². The summed E-state index contributed by atoms with van der Waals surface area (Å²) >= 11 is 0. The molecule has 0 saturated heterocycles. The maximum absolute atomic E-state index is 6.01. The lowest BCUT2D eigenvalue weighted by molar-refractivity contribution is 0.306. The molecule has 0 radical (unpaired) electrons. The molecule has 1 heterocycles. The van der Waals surface area contributed by atoms with Crippen molar-refractivity contribution in [2.45, 2.75) is 19.4 Å². The van der Waals surface area contributed by atoms with E-state index >= 15 is 0 Å². The third kappa shape index (κ3) is 3.92. The van der Waals surface area contributed by atoms with Gasteiger partial charge in [-0.1, -0.05) is 54.6 Å². The highest BCUT2D eigenvalue weighted by molar-refractivity contribution is 5.87. The minimum atomic E-state index is 0.589. The van der Waals surface area contributed by atoms with Gasteiger partial charge in [-0.2, -0.15) is 0 Å². The summed E-state index contributed by atoms with van der Waals surface area (Å²) in [6.45, 7) is 0.589. The zero-order valence-electron chi connectivity index (χ0n) is 14.6. The minimum Gasteiger partial charge on any atom is -0.489 e. The number of nitrogens with zero attached hydrogens (tertiary/aromatic N) is 1. The Hall–Kier alpha value is -3.13. The lowest BCUT2D eigenvalue weighted by atomic mass is 9.99. The second-order valence-corrected chi connectivity index (χ2v) is 6.43. The van der Waals surface area contributed by atoms with Gasteiger partial charge in [0.15, 0.2) is 0 Å². The number of fused-ring (bicyclic) bond motifs is 1. The second-order valence-electron chi connectivity index (χ2n) is 6.43. The normalized spacial score (nSPS) is 10.8. The topological polar surface area (TPSA) is 22.1 Å². The van der Waals surface area contributed by atoms with Crippen LogP contribution in [-0.4, -0.2) is 4.98 Å². The van der Waals surface area contributed by atoms with Crippen molar-refractivity contribution in [2.24, 2.45) is 0 Å². The van der Waals surface area contributed by atoms with Gasteiger partial charge in [0.1, 0.15) is 12.4 Å². The number of benzene rings is 3. The first-order valence-electron chi connectivity index (χ1n) is 8.96. The van der Waals surface area contributed by atoms with Crippen molar-refractivity contribution in [1.29, 1.82) is 0 Å². The van der Waals surface area contributed by atoms with E-state index in [9.17, 15) is 0 Å². The first kappa shape index (κ1) is 16.3. The first-order valence-corrected chi connectivity index (χ1v) is 8.96. The molecule has 4 rings (SSSR count). The van der Waals surface area contributed by atoms with Crippen LogP contribution in [0.1, 0.15) is 16.7 Å². The van der Waals surface area contributed by atoms with Crippen molar-refractivity contribution in [2.75, 3.05) is 0 Å². The van der Waals surface area contributed by atoms with E-state index in [1.165, 1.54) is 27.5 Å². The molecule has 0 N–H and O–H groups in total. The molecule has 0 aliphatic rings. The maximum atomic E-state index is 6.01. The van der Waals surface area contributed by atoms with E-state index in [4.69, 9.17) is 4.74 Å². The van der Waals surface area contributed by atoms with Crippen LogP contribution >= 0.6 is 0 Å². The number of hydrogen-bond acceptors (Lipinski definition) is 2. The van der Waals surface area contributed by atoms with Gasteiger partial charge in [-0.25, -0.2) is 0 Å². The summed E-state index contributed by atoms with van der Waals surface area (Å²) in [7, 11) is 0. The highest BCUT2D eigenvalue weighted by atomic mass is 16.5. The van der Waals surface area contributed by atoms with Crippen molar-refractivity contribution in [3.05, 3.63) is 108 Å². The summed E-state index contributed by atoms with van der Waals surface area (Å²) in [5, 5.41) is 2.52. The van der Waals surface area contributed by atoms with Crippen LogP contribution in [0.4, 0.5) is 0 Å². The molecule has 2 heteroatoms. The third-order valence-corrected chi connectivity index (χ3v) is 4.62. The predicted molar refractivity (Wildman–Crippen MR) is 106 cm³/mol. The van der Waals surface area contributed by atoms with E-state index < -0.39 is 0 Å². The Morgan fingerprint density at radius 2 is 1.54 bits per heavy atom. The van der Waals surface area contributed by atoms with Crippen molar-refractivity contribution < 1.29 is 4.74 Å².